The average Bonchev–Trinajstić information content (AvgIpc) is 2.53. The minimum atomic E-state index is 0.300. The molecule has 0 saturated carbocycles. The van der Waals surface area contributed by atoms with E-state index in [1.54, 1.807) is 18.9 Å². The van der Waals surface area contributed by atoms with Crippen LogP contribution in [0.1, 0.15) is 24.8 Å². The lowest BCUT2D eigenvalue weighted by Crippen LogP contribution is -2.40. The number of carbonyl (C=O) groups is 1. The fourth-order valence-corrected chi connectivity index (χ4v) is 3.37. The number of amides is 1. The van der Waals surface area contributed by atoms with Crippen LogP contribution in [0.25, 0.3) is 0 Å². The number of methoxy groups -OCH3 is 1. The van der Waals surface area contributed by atoms with Gasteiger partial charge in [0.1, 0.15) is 5.75 Å². The second-order valence-corrected chi connectivity index (χ2v) is 6.54. The fraction of sp³-hybridized carbons (Fsp3) is 0.588. The highest BCUT2D eigenvalue weighted by atomic mass is 32.2. The molecular formula is C17H25NO2S. The lowest BCUT2D eigenvalue weighted by Gasteiger charge is -2.32. The van der Waals surface area contributed by atoms with Crippen LogP contribution < -0.4 is 4.74 Å². The van der Waals surface area contributed by atoms with Crippen LogP contribution in [0.5, 0.6) is 5.75 Å². The van der Waals surface area contributed by atoms with E-state index >= 15 is 0 Å². The minimum absolute atomic E-state index is 0.300. The van der Waals surface area contributed by atoms with E-state index in [-0.39, 0.29) is 0 Å². The summed E-state index contributed by atoms with van der Waals surface area (Å²) in [5, 5.41) is 0. The number of aryl methyl sites for hydroxylation is 1. The van der Waals surface area contributed by atoms with Gasteiger partial charge in [0.05, 0.1) is 12.9 Å². The molecule has 0 spiro atoms. The van der Waals surface area contributed by atoms with E-state index in [1.165, 1.54) is 12.0 Å². The van der Waals surface area contributed by atoms with Gasteiger partial charge in [0.25, 0.3) is 0 Å². The SMILES string of the molecule is COc1cccc(CCC2CCCN(C(=O)CSC)C2)c1. The Morgan fingerprint density at radius 3 is 3.10 bits per heavy atom. The molecule has 0 N–H and O–H groups in total. The predicted molar refractivity (Wildman–Crippen MR) is 89.0 cm³/mol. The second-order valence-electron chi connectivity index (χ2n) is 5.67. The molecule has 1 aliphatic heterocycles. The quantitative estimate of drug-likeness (QED) is 0.808. The zero-order valence-electron chi connectivity index (χ0n) is 13.0. The van der Waals surface area contributed by atoms with Gasteiger partial charge in [0, 0.05) is 13.1 Å². The van der Waals surface area contributed by atoms with Crippen LogP contribution in [0.4, 0.5) is 0 Å². The third-order valence-electron chi connectivity index (χ3n) is 4.11. The van der Waals surface area contributed by atoms with Crippen LogP contribution in [0, 0.1) is 5.92 Å². The molecule has 3 nitrogen and oxygen atoms in total. The van der Waals surface area contributed by atoms with Crippen LogP contribution in [0.3, 0.4) is 0 Å². The van der Waals surface area contributed by atoms with Crippen molar-refractivity contribution in [2.24, 2.45) is 5.92 Å². The number of piperidine rings is 1. The van der Waals surface area contributed by atoms with Gasteiger partial charge in [-0.3, -0.25) is 4.79 Å². The summed E-state index contributed by atoms with van der Waals surface area (Å²) in [6.45, 7) is 1.87. The lowest BCUT2D eigenvalue weighted by molar-refractivity contribution is -0.130. The van der Waals surface area contributed by atoms with Crippen molar-refractivity contribution in [2.45, 2.75) is 25.7 Å². The first kappa shape index (κ1) is 16.2. The number of carbonyl (C=O) groups excluding carboxylic acids is 1. The molecule has 2 rings (SSSR count). The van der Waals surface area contributed by atoms with Gasteiger partial charge in [-0.1, -0.05) is 12.1 Å². The maximum atomic E-state index is 12.0. The summed E-state index contributed by atoms with van der Waals surface area (Å²) in [7, 11) is 1.70. The summed E-state index contributed by atoms with van der Waals surface area (Å²) < 4.78 is 5.27. The van der Waals surface area contributed by atoms with Crippen LogP contribution in [-0.2, 0) is 11.2 Å². The molecule has 21 heavy (non-hydrogen) atoms. The van der Waals surface area contributed by atoms with E-state index in [1.807, 2.05) is 18.4 Å². The molecule has 0 aromatic heterocycles. The van der Waals surface area contributed by atoms with Gasteiger partial charge in [-0.25, -0.2) is 0 Å². The number of benzene rings is 1. The van der Waals surface area contributed by atoms with Crippen molar-refractivity contribution in [3.8, 4) is 5.75 Å². The van der Waals surface area contributed by atoms with Crippen LogP contribution in [-0.4, -0.2) is 43.0 Å². The Morgan fingerprint density at radius 1 is 1.48 bits per heavy atom. The molecule has 1 aromatic rings. The summed E-state index contributed by atoms with van der Waals surface area (Å²) in [6, 6.07) is 8.29. The highest BCUT2D eigenvalue weighted by Crippen LogP contribution is 2.23. The largest absolute Gasteiger partial charge is 0.497 e. The molecule has 1 heterocycles. The fourth-order valence-electron chi connectivity index (χ4n) is 2.94. The predicted octanol–water partition coefficient (Wildman–Crippen LogP) is 3.23. The number of thioether (sulfide) groups is 1. The molecule has 1 saturated heterocycles. The van der Waals surface area contributed by atoms with Crippen LogP contribution in [0.15, 0.2) is 24.3 Å². The van der Waals surface area contributed by atoms with Gasteiger partial charge in [-0.15, -0.1) is 0 Å². The van der Waals surface area contributed by atoms with Crippen molar-refractivity contribution in [3.05, 3.63) is 29.8 Å². The number of ether oxygens (including phenoxy) is 1. The van der Waals surface area contributed by atoms with Crippen molar-refractivity contribution >= 4 is 17.7 Å². The normalized spacial score (nSPS) is 18.6. The second kappa shape index (κ2) is 8.32. The molecule has 0 radical (unpaired) electrons. The number of hydrogen-bond donors (Lipinski definition) is 0. The van der Waals surface area contributed by atoms with E-state index in [0.717, 1.165) is 38.1 Å². The van der Waals surface area contributed by atoms with Gasteiger partial charge in [0.2, 0.25) is 5.91 Å². The lowest BCUT2D eigenvalue weighted by atomic mass is 9.91. The van der Waals surface area contributed by atoms with E-state index in [2.05, 4.69) is 17.0 Å². The van der Waals surface area contributed by atoms with Gasteiger partial charge in [-0.05, 0) is 55.6 Å². The van der Waals surface area contributed by atoms with E-state index in [0.29, 0.717) is 17.6 Å². The zero-order chi connectivity index (χ0) is 15.1. The molecule has 0 bridgehead atoms. The first-order valence-corrected chi connectivity index (χ1v) is 9.02. The molecule has 1 fully saturated rings. The Bertz CT molecular complexity index is 464. The molecular weight excluding hydrogens is 282 g/mol. The van der Waals surface area contributed by atoms with E-state index in [9.17, 15) is 4.79 Å². The molecule has 1 aliphatic rings. The Hall–Kier alpha value is -1.16. The van der Waals surface area contributed by atoms with Gasteiger partial charge in [-0.2, -0.15) is 11.8 Å². The Kier molecular flexibility index (Phi) is 6.43. The summed E-state index contributed by atoms with van der Waals surface area (Å²) >= 11 is 1.61. The molecule has 1 amide bonds. The highest BCUT2D eigenvalue weighted by Gasteiger charge is 2.22. The number of nitrogens with zero attached hydrogens (tertiary/aromatic N) is 1. The Labute approximate surface area is 132 Å². The Balaban J connectivity index is 1.83. The van der Waals surface area contributed by atoms with Crippen molar-refractivity contribution in [3.63, 3.8) is 0 Å². The average molecular weight is 307 g/mol. The van der Waals surface area contributed by atoms with Crippen molar-refractivity contribution in [1.29, 1.82) is 0 Å². The Morgan fingerprint density at radius 2 is 2.33 bits per heavy atom. The molecule has 0 aliphatic carbocycles. The van der Waals surface area contributed by atoms with Crippen LogP contribution in [0.2, 0.25) is 0 Å². The van der Waals surface area contributed by atoms with Gasteiger partial charge in [0.15, 0.2) is 0 Å². The van der Waals surface area contributed by atoms with Crippen molar-refractivity contribution in [1.82, 2.24) is 4.90 Å². The maximum absolute atomic E-state index is 12.0. The van der Waals surface area contributed by atoms with E-state index < -0.39 is 0 Å². The summed E-state index contributed by atoms with van der Waals surface area (Å²) in [5.41, 5.74) is 1.32. The van der Waals surface area contributed by atoms with Gasteiger partial charge < -0.3 is 9.64 Å². The molecule has 1 unspecified atom stereocenters. The number of hydrogen-bond acceptors (Lipinski definition) is 3. The number of likely N-dealkylation sites (tertiary alicyclic amines) is 1. The standard InChI is InChI=1S/C17H25NO2S/c1-20-16-7-3-5-14(11-16)8-9-15-6-4-10-18(12-15)17(19)13-21-2/h3,5,7,11,15H,4,6,8-10,12-13H2,1-2H3. The third kappa shape index (κ3) is 4.95. The molecule has 4 heteroatoms. The van der Waals surface area contributed by atoms with Crippen LogP contribution >= 0.6 is 11.8 Å². The molecule has 1 aromatic carbocycles. The molecule has 1 atom stereocenters. The van der Waals surface area contributed by atoms with E-state index in [4.69, 9.17) is 4.74 Å². The topological polar surface area (TPSA) is 29.5 Å². The first-order valence-electron chi connectivity index (χ1n) is 7.62. The highest BCUT2D eigenvalue weighted by molar-refractivity contribution is 7.99. The van der Waals surface area contributed by atoms with Crippen molar-refractivity contribution < 1.29 is 9.53 Å². The number of rotatable bonds is 6. The smallest absolute Gasteiger partial charge is 0.232 e. The summed E-state index contributed by atoms with van der Waals surface area (Å²) in [6.07, 6.45) is 6.58. The third-order valence-corrected chi connectivity index (χ3v) is 4.65. The summed E-state index contributed by atoms with van der Waals surface area (Å²) in [4.78, 5) is 14.0. The first-order chi connectivity index (χ1) is 10.2. The van der Waals surface area contributed by atoms with Gasteiger partial charge >= 0.3 is 0 Å². The zero-order valence-corrected chi connectivity index (χ0v) is 13.8. The van der Waals surface area contributed by atoms with Crippen molar-refractivity contribution in [2.75, 3.05) is 32.2 Å². The monoisotopic (exact) mass is 307 g/mol. The minimum Gasteiger partial charge on any atom is -0.497 e. The summed E-state index contributed by atoms with van der Waals surface area (Å²) in [5.74, 6) is 2.47. The maximum Gasteiger partial charge on any atom is 0.232 e. The molecule has 116 valence electrons.